The fourth-order valence-electron chi connectivity index (χ4n) is 2.52. The second kappa shape index (κ2) is 6.57. The van der Waals surface area contributed by atoms with E-state index in [-0.39, 0.29) is 24.6 Å². The molecule has 1 unspecified atom stereocenters. The average Bonchev–Trinajstić information content (AvgIpc) is 2.56. The van der Waals surface area contributed by atoms with Crippen molar-refractivity contribution in [2.24, 2.45) is 0 Å². The van der Waals surface area contributed by atoms with Gasteiger partial charge in [0.05, 0.1) is 17.6 Å². The predicted octanol–water partition coefficient (Wildman–Crippen LogP) is 3.24. The summed E-state index contributed by atoms with van der Waals surface area (Å²) >= 11 is 6.16. The normalized spacial score (nSPS) is 19.7. The van der Waals surface area contributed by atoms with Crippen LogP contribution < -0.4 is 0 Å². The van der Waals surface area contributed by atoms with Gasteiger partial charge in [-0.1, -0.05) is 29.8 Å². The van der Waals surface area contributed by atoms with Gasteiger partial charge in [0.25, 0.3) is 0 Å². The van der Waals surface area contributed by atoms with Crippen LogP contribution in [0.1, 0.15) is 11.7 Å². The number of hydrogen-bond acceptors (Lipinski definition) is 3. The van der Waals surface area contributed by atoms with E-state index >= 15 is 0 Å². The summed E-state index contributed by atoms with van der Waals surface area (Å²) in [5.41, 5.74) is 0.758. The Morgan fingerprint density at radius 1 is 1.13 bits per heavy atom. The van der Waals surface area contributed by atoms with Crippen LogP contribution >= 0.6 is 11.6 Å². The zero-order chi connectivity index (χ0) is 16.4. The van der Waals surface area contributed by atoms with Gasteiger partial charge in [0, 0.05) is 23.7 Å². The van der Waals surface area contributed by atoms with Crippen molar-refractivity contribution < 1.29 is 17.5 Å². The van der Waals surface area contributed by atoms with Crippen LogP contribution in [-0.2, 0) is 14.8 Å². The summed E-state index contributed by atoms with van der Waals surface area (Å²) in [5, 5.41) is 0.540. The van der Waals surface area contributed by atoms with Gasteiger partial charge in [-0.3, -0.25) is 0 Å². The molecule has 1 aliphatic rings. The molecule has 0 aliphatic carbocycles. The largest absolute Gasteiger partial charge is 0.371 e. The number of nitrogens with zero attached hydrogens (tertiary/aromatic N) is 1. The van der Waals surface area contributed by atoms with Crippen molar-refractivity contribution in [2.75, 3.05) is 19.7 Å². The average molecular weight is 356 g/mol. The molecule has 4 nitrogen and oxygen atoms in total. The second-order valence-electron chi connectivity index (χ2n) is 5.20. The van der Waals surface area contributed by atoms with Gasteiger partial charge in [0.1, 0.15) is 5.82 Å². The number of benzene rings is 2. The second-order valence-corrected chi connectivity index (χ2v) is 7.54. The van der Waals surface area contributed by atoms with Gasteiger partial charge in [-0.25, -0.2) is 12.8 Å². The number of ether oxygens (including phenoxy) is 1. The van der Waals surface area contributed by atoms with Gasteiger partial charge in [-0.2, -0.15) is 4.31 Å². The Hall–Kier alpha value is -1.47. The topological polar surface area (TPSA) is 46.6 Å². The fraction of sp³-hybridized carbons (Fsp3) is 0.250. The lowest BCUT2D eigenvalue weighted by molar-refractivity contribution is -0.00249. The van der Waals surface area contributed by atoms with Crippen LogP contribution in [-0.4, -0.2) is 32.4 Å². The SMILES string of the molecule is O=S(=O)(c1ccc(F)cc1)N1CCOC(c2ccccc2Cl)C1. The molecule has 0 aromatic heterocycles. The van der Waals surface area contributed by atoms with Gasteiger partial charge < -0.3 is 4.74 Å². The maximum absolute atomic E-state index is 13.0. The van der Waals surface area contributed by atoms with Crippen LogP contribution in [0.25, 0.3) is 0 Å². The number of sulfonamides is 1. The summed E-state index contributed by atoms with van der Waals surface area (Å²) in [6.45, 7) is 0.695. The van der Waals surface area contributed by atoms with E-state index in [2.05, 4.69) is 0 Å². The Balaban J connectivity index is 1.86. The zero-order valence-electron chi connectivity index (χ0n) is 12.2. The molecule has 0 spiro atoms. The molecule has 1 aliphatic heterocycles. The zero-order valence-corrected chi connectivity index (χ0v) is 13.7. The summed E-state index contributed by atoms with van der Waals surface area (Å²) in [6, 6.07) is 12.0. The molecule has 2 aromatic carbocycles. The van der Waals surface area contributed by atoms with E-state index in [1.807, 2.05) is 18.2 Å². The van der Waals surface area contributed by atoms with E-state index in [1.165, 1.54) is 16.4 Å². The molecule has 1 fully saturated rings. The van der Waals surface area contributed by atoms with Crippen LogP contribution in [0.4, 0.5) is 4.39 Å². The molecule has 122 valence electrons. The summed E-state index contributed by atoms with van der Waals surface area (Å²) in [6.07, 6.45) is -0.423. The van der Waals surface area contributed by atoms with Crippen LogP contribution in [0.2, 0.25) is 5.02 Å². The minimum Gasteiger partial charge on any atom is -0.371 e. The van der Waals surface area contributed by atoms with Crippen LogP contribution in [0, 0.1) is 5.82 Å². The highest BCUT2D eigenvalue weighted by atomic mass is 35.5. The standard InChI is InChI=1S/C16H15ClFNO3S/c17-15-4-2-1-3-14(15)16-11-19(9-10-22-16)23(20,21)13-7-5-12(18)6-8-13/h1-8,16H,9-11H2. The first-order chi connectivity index (χ1) is 11.0. The van der Waals surface area contributed by atoms with Crippen molar-refractivity contribution in [1.82, 2.24) is 4.31 Å². The lowest BCUT2D eigenvalue weighted by Crippen LogP contribution is -2.42. The van der Waals surface area contributed by atoms with Gasteiger partial charge in [0.2, 0.25) is 10.0 Å². The van der Waals surface area contributed by atoms with E-state index < -0.39 is 21.9 Å². The molecule has 1 heterocycles. The number of rotatable bonds is 3. The van der Waals surface area contributed by atoms with Crippen molar-refractivity contribution in [1.29, 1.82) is 0 Å². The van der Waals surface area contributed by atoms with Gasteiger partial charge in [-0.05, 0) is 30.3 Å². The van der Waals surface area contributed by atoms with Gasteiger partial charge >= 0.3 is 0 Å². The van der Waals surface area contributed by atoms with E-state index in [4.69, 9.17) is 16.3 Å². The molecule has 7 heteroatoms. The lowest BCUT2D eigenvalue weighted by Gasteiger charge is -2.32. The summed E-state index contributed by atoms with van der Waals surface area (Å²) < 4.78 is 45.4. The number of morpholine rings is 1. The summed E-state index contributed by atoms with van der Waals surface area (Å²) in [7, 11) is -3.69. The van der Waals surface area contributed by atoms with Gasteiger partial charge in [-0.15, -0.1) is 0 Å². The van der Waals surface area contributed by atoms with Crippen molar-refractivity contribution in [3.05, 3.63) is 64.9 Å². The highest BCUT2D eigenvalue weighted by Crippen LogP contribution is 2.30. The van der Waals surface area contributed by atoms with Crippen molar-refractivity contribution in [3.63, 3.8) is 0 Å². The van der Waals surface area contributed by atoms with Crippen molar-refractivity contribution in [2.45, 2.75) is 11.0 Å². The van der Waals surface area contributed by atoms with Crippen LogP contribution in [0.5, 0.6) is 0 Å². The van der Waals surface area contributed by atoms with E-state index in [1.54, 1.807) is 6.07 Å². The van der Waals surface area contributed by atoms with Crippen molar-refractivity contribution >= 4 is 21.6 Å². The third-order valence-electron chi connectivity index (χ3n) is 3.73. The molecular formula is C16H15ClFNO3S. The maximum atomic E-state index is 13.0. The first kappa shape index (κ1) is 16.4. The Morgan fingerprint density at radius 2 is 1.83 bits per heavy atom. The molecule has 0 radical (unpaired) electrons. The third-order valence-corrected chi connectivity index (χ3v) is 5.96. The quantitative estimate of drug-likeness (QED) is 0.849. The molecule has 3 rings (SSSR count). The van der Waals surface area contributed by atoms with Gasteiger partial charge in [0.15, 0.2) is 0 Å². The summed E-state index contributed by atoms with van der Waals surface area (Å²) in [5.74, 6) is -0.472. The highest BCUT2D eigenvalue weighted by Gasteiger charge is 2.32. The fourth-order valence-corrected chi connectivity index (χ4v) is 4.21. The van der Waals surface area contributed by atoms with Crippen molar-refractivity contribution in [3.8, 4) is 0 Å². The molecule has 23 heavy (non-hydrogen) atoms. The van der Waals surface area contributed by atoms with E-state index in [0.717, 1.165) is 17.7 Å². The first-order valence-electron chi connectivity index (χ1n) is 7.10. The number of halogens is 2. The predicted molar refractivity (Wildman–Crippen MR) is 85.3 cm³/mol. The lowest BCUT2D eigenvalue weighted by atomic mass is 10.1. The first-order valence-corrected chi connectivity index (χ1v) is 8.92. The van der Waals surface area contributed by atoms with Crippen LogP contribution in [0.15, 0.2) is 53.4 Å². The van der Waals surface area contributed by atoms with Crippen LogP contribution in [0.3, 0.4) is 0 Å². The summed E-state index contributed by atoms with van der Waals surface area (Å²) in [4.78, 5) is 0.0682. The molecule has 0 saturated carbocycles. The van der Waals surface area contributed by atoms with E-state index in [9.17, 15) is 12.8 Å². The minimum absolute atomic E-state index is 0.0682. The smallest absolute Gasteiger partial charge is 0.243 e. The van der Waals surface area contributed by atoms with E-state index in [0.29, 0.717) is 5.02 Å². The number of hydrogen-bond donors (Lipinski definition) is 0. The molecule has 0 bridgehead atoms. The highest BCUT2D eigenvalue weighted by molar-refractivity contribution is 7.89. The third kappa shape index (κ3) is 3.40. The molecule has 0 N–H and O–H groups in total. The Morgan fingerprint density at radius 3 is 2.52 bits per heavy atom. The molecule has 1 atom stereocenters. The monoisotopic (exact) mass is 355 g/mol. The Labute approximate surface area is 139 Å². The molecule has 2 aromatic rings. The molecular weight excluding hydrogens is 341 g/mol. The minimum atomic E-state index is -3.69. The maximum Gasteiger partial charge on any atom is 0.243 e. The molecule has 1 saturated heterocycles. The molecule has 0 amide bonds. The Kier molecular flexibility index (Phi) is 4.68. The Bertz CT molecular complexity index is 795.